The van der Waals surface area contributed by atoms with E-state index in [4.69, 9.17) is 9.47 Å². The fourth-order valence-electron chi connectivity index (χ4n) is 1.57. The molecule has 0 aliphatic heterocycles. The van der Waals surface area contributed by atoms with E-state index in [1.54, 1.807) is 7.11 Å². The molecule has 0 heterocycles. The van der Waals surface area contributed by atoms with Crippen molar-refractivity contribution in [3.05, 3.63) is 0 Å². The lowest BCUT2D eigenvalue weighted by Crippen LogP contribution is -2.43. The van der Waals surface area contributed by atoms with Crippen LogP contribution in [-0.2, 0) is 9.47 Å². The SMILES string of the molecule is CCC(CC)COC(CNC(C)(C)C)COC. The van der Waals surface area contributed by atoms with Gasteiger partial charge < -0.3 is 14.8 Å². The third-order valence-electron chi connectivity index (χ3n) is 2.93. The zero-order valence-electron chi connectivity index (χ0n) is 12.5. The van der Waals surface area contributed by atoms with Crippen LogP contribution >= 0.6 is 0 Å². The van der Waals surface area contributed by atoms with E-state index in [0.29, 0.717) is 12.5 Å². The first-order chi connectivity index (χ1) is 7.92. The Kier molecular flexibility index (Phi) is 8.83. The Balaban J connectivity index is 3.97. The predicted octanol–water partition coefficient (Wildman–Crippen LogP) is 2.84. The van der Waals surface area contributed by atoms with E-state index in [1.165, 1.54) is 12.8 Å². The third-order valence-corrected chi connectivity index (χ3v) is 2.93. The number of methoxy groups -OCH3 is 1. The Morgan fingerprint density at radius 2 is 1.65 bits per heavy atom. The van der Waals surface area contributed by atoms with Crippen molar-refractivity contribution >= 4 is 0 Å². The number of nitrogens with one attached hydrogen (secondary N) is 1. The minimum Gasteiger partial charge on any atom is -0.382 e. The van der Waals surface area contributed by atoms with Gasteiger partial charge in [0, 0.05) is 25.8 Å². The molecule has 104 valence electrons. The van der Waals surface area contributed by atoms with Crippen LogP contribution in [0.1, 0.15) is 47.5 Å². The van der Waals surface area contributed by atoms with Crippen LogP contribution in [-0.4, -0.2) is 38.5 Å². The van der Waals surface area contributed by atoms with Crippen LogP contribution in [0, 0.1) is 5.92 Å². The lowest BCUT2D eigenvalue weighted by Gasteiger charge is -2.26. The third kappa shape index (κ3) is 9.57. The van der Waals surface area contributed by atoms with Gasteiger partial charge in [0.05, 0.1) is 12.7 Å². The first kappa shape index (κ1) is 16.9. The van der Waals surface area contributed by atoms with Gasteiger partial charge in [0.2, 0.25) is 0 Å². The number of hydrogen-bond acceptors (Lipinski definition) is 3. The van der Waals surface area contributed by atoms with E-state index >= 15 is 0 Å². The molecule has 0 aliphatic carbocycles. The molecule has 1 atom stereocenters. The average molecular weight is 245 g/mol. The molecule has 0 bridgehead atoms. The van der Waals surface area contributed by atoms with Crippen LogP contribution in [0.25, 0.3) is 0 Å². The van der Waals surface area contributed by atoms with E-state index < -0.39 is 0 Å². The van der Waals surface area contributed by atoms with E-state index in [1.807, 2.05) is 0 Å². The fraction of sp³-hybridized carbons (Fsp3) is 1.00. The molecular formula is C14H31NO2. The zero-order chi connectivity index (χ0) is 13.3. The molecule has 0 amide bonds. The van der Waals surface area contributed by atoms with Gasteiger partial charge in [0.15, 0.2) is 0 Å². The summed E-state index contributed by atoms with van der Waals surface area (Å²) in [6.45, 7) is 13.3. The van der Waals surface area contributed by atoms with Crippen molar-refractivity contribution in [3.63, 3.8) is 0 Å². The summed E-state index contributed by atoms with van der Waals surface area (Å²) in [5, 5.41) is 3.46. The maximum absolute atomic E-state index is 5.93. The quantitative estimate of drug-likeness (QED) is 0.677. The normalized spacial score (nSPS) is 14.3. The number of ether oxygens (including phenoxy) is 2. The summed E-state index contributed by atoms with van der Waals surface area (Å²) < 4.78 is 11.1. The van der Waals surface area contributed by atoms with Crippen molar-refractivity contribution in [3.8, 4) is 0 Å². The predicted molar refractivity (Wildman–Crippen MR) is 73.4 cm³/mol. The standard InChI is InChI=1S/C14H31NO2/c1-7-12(8-2)10-17-13(11-16-6)9-15-14(3,4)5/h12-13,15H,7-11H2,1-6H3. The van der Waals surface area contributed by atoms with Crippen LogP contribution in [0.3, 0.4) is 0 Å². The second kappa shape index (κ2) is 8.90. The topological polar surface area (TPSA) is 30.5 Å². The molecule has 0 fully saturated rings. The number of hydrogen-bond donors (Lipinski definition) is 1. The van der Waals surface area contributed by atoms with E-state index in [9.17, 15) is 0 Å². The van der Waals surface area contributed by atoms with Crippen LogP contribution in [0.15, 0.2) is 0 Å². The maximum atomic E-state index is 5.93. The van der Waals surface area contributed by atoms with Crippen molar-refractivity contribution in [1.82, 2.24) is 5.32 Å². The van der Waals surface area contributed by atoms with E-state index in [2.05, 4.69) is 39.9 Å². The lowest BCUT2D eigenvalue weighted by atomic mass is 10.1. The van der Waals surface area contributed by atoms with Crippen LogP contribution in [0.4, 0.5) is 0 Å². The highest BCUT2D eigenvalue weighted by molar-refractivity contribution is 4.73. The Hall–Kier alpha value is -0.120. The minimum atomic E-state index is 0.129. The number of rotatable bonds is 9. The molecule has 1 N–H and O–H groups in total. The summed E-state index contributed by atoms with van der Waals surface area (Å²) in [5.74, 6) is 0.670. The molecule has 0 aliphatic rings. The van der Waals surface area contributed by atoms with Crippen molar-refractivity contribution in [2.75, 3.05) is 26.9 Å². The second-order valence-corrected chi connectivity index (χ2v) is 5.72. The van der Waals surface area contributed by atoms with Crippen LogP contribution in [0.5, 0.6) is 0 Å². The molecule has 1 unspecified atom stereocenters. The Labute approximate surface area is 107 Å². The van der Waals surface area contributed by atoms with Gasteiger partial charge in [-0.05, 0) is 26.7 Å². The maximum Gasteiger partial charge on any atom is 0.0932 e. The van der Waals surface area contributed by atoms with Crippen molar-refractivity contribution in [2.24, 2.45) is 5.92 Å². The summed E-state index contributed by atoms with van der Waals surface area (Å²) in [4.78, 5) is 0. The molecule has 17 heavy (non-hydrogen) atoms. The second-order valence-electron chi connectivity index (χ2n) is 5.72. The van der Waals surface area contributed by atoms with E-state index in [0.717, 1.165) is 13.2 Å². The molecular weight excluding hydrogens is 214 g/mol. The van der Waals surface area contributed by atoms with Gasteiger partial charge in [-0.25, -0.2) is 0 Å². The molecule has 3 heteroatoms. The molecule has 0 aromatic heterocycles. The Bertz CT molecular complexity index is 174. The summed E-state index contributed by atoms with van der Waals surface area (Å²) in [6, 6.07) is 0. The molecule has 0 saturated heterocycles. The summed E-state index contributed by atoms with van der Waals surface area (Å²) in [7, 11) is 1.73. The highest BCUT2D eigenvalue weighted by Crippen LogP contribution is 2.09. The summed E-state index contributed by atoms with van der Waals surface area (Å²) >= 11 is 0. The Morgan fingerprint density at radius 3 is 2.06 bits per heavy atom. The average Bonchev–Trinajstić information content (AvgIpc) is 2.26. The van der Waals surface area contributed by atoms with Gasteiger partial charge in [-0.2, -0.15) is 0 Å². The van der Waals surface area contributed by atoms with E-state index in [-0.39, 0.29) is 11.6 Å². The molecule has 0 radical (unpaired) electrons. The van der Waals surface area contributed by atoms with Gasteiger partial charge in [-0.15, -0.1) is 0 Å². The van der Waals surface area contributed by atoms with Crippen molar-refractivity contribution in [2.45, 2.75) is 59.1 Å². The van der Waals surface area contributed by atoms with Gasteiger partial charge >= 0.3 is 0 Å². The largest absolute Gasteiger partial charge is 0.382 e. The lowest BCUT2D eigenvalue weighted by molar-refractivity contribution is -0.0194. The summed E-state index contributed by atoms with van der Waals surface area (Å²) in [5.41, 5.74) is 0.129. The van der Waals surface area contributed by atoms with Gasteiger partial charge in [-0.3, -0.25) is 0 Å². The Morgan fingerprint density at radius 1 is 1.06 bits per heavy atom. The minimum absolute atomic E-state index is 0.129. The molecule has 0 aromatic carbocycles. The fourth-order valence-corrected chi connectivity index (χ4v) is 1.57. The first-order valence-corrected chi connectivity index (χ1v) is 6.78. The molecule has 3 nitrogen and oxygen atoms in total. The molecule has 0 aromatic rings. The van der Waals surface area contributed by atoms with Gasteiger partial charge in [0.25, 0.3) is 0 Å². The molecule has 0 rings (SSSR count). The first-order valence-electron chi connectivity index (χ1n) is 6.78. The highest BCUT2D eigenvalue weighted by Gasteiger charge is 2.15. The zero-order valence-corrected chi connectivity index (χ0v) is 12.5. The van der Waals surface area contributed by atoms with Crippen molar-refractivity contribution in [1.29, 1.82) is 0 Å². The summed E-state index contributed by atoms with van der Waals surface area (Å²) in [6.07, 6.45) is 2.52. The molecule has 0 spiro atoms. The van der Waals surface area contributed by atoms with Crippen LogP contribution in [0.2, 0.25) is 0 Å². The smallest absolute Gasteiger partial charge is 0.0932 e. The molecule has 0 saturated carbocycles. The highest BCUT2D eigenvalue weighted by atomic mass is 16.5. The van der Waals surface area contributed by atoms with Gasteiger partial charge in [0.1, 0.15) is 0 Å². The monoisotopic (exact) mass is 245 g/mol. The van der Waals surface area contributed by atoms with Crippen LogP contribution < -0.4 is 5.32 Å². The van der Waals surface area contributed by atoms with Gasteiger partial charge in [-0.1, -0.05) is 26.7 Å². The van der Waals surface area contributed by atoms with Crippen molar-refractivity contribution < 1.29 is 9.47 Å².